The molecule has 3 aromatic rings. The maximum absolute atomic E-state index is 13.1. The van der Waals surface area contributed by atoms with Gasteiger partial charge in [0, 0.05) is 10.0 Å². The van der Waals surface area contributed by atoms with Gasteiger partial charge in [0.05, 0.1) is 11.4 Å². The Morgan fingerprint density at radius 2 is 1.69 bits per heavy atom. The zero-order valence-electron chi connectivity index (χ0n) is 19.0. The summed E-state index contributed by atoms with van der Waals surface area (Å²) in [5, 5.41) is 0. The number of thiocarbonyl (C=S) groups is 1. The van der Waals surface area contributed by atoms with Crippen LogP contribution in [0.5, 0.6) is 11.5 Å². The minimum Gasteiger partial charge on any atom is -0.490 e. The summed E-state index contributed by atoms with van der Waals surface area (Å²) in [4.78, 5) is 15.3. The van der Waals surface area contributed by atoms with E-state index in [0.717, 1.165) is 33.3 Å². The SMILES string of the molecule is C=CCc1ccccc1OCCOc1ccc(Br)cc1C=C1SC(=S)N(Cc2ccccc2)C1=O. The van der Waals surface area contributed by atoms with Crippen LogP contribution in [0.1, 0.15) is 16.7 Å². The molecule has 7 heteroatoms. The summed E-state index contributed by atoms with van der Waals surface area (Å²) in [6.45, 7) is 5.01. The van der Waals surface area contributed by atoms with E-state index in [0.29, 0.717) is 34.7 Å². The van der Waals surface area contributed by atoms with Crippen LogP contribution in [-0.4, -0.2) is 28.3 Å². The van der Waals surface area contributed by atoms with E-state index in [4.69, 9.17) is 21.7 Å². The third-order valence-corrected chi connectivity index (χ3v) is 7.12. The Morgan fingerprint density at radius 1 is 0.971 bits per heavy atom. The largest absolute Gasteiger partial charge is 0.490 e. The molecule has 1 aliphatic rings. The molecule has 0 aliphatic carbocycles. The number of allylic oxidation sites excluding steroid dienone is 1. The Labute approximate surface area is 223 Å². The fourth-order valence-corrected chi connectivity index (χ4v) is 5.20. The molecular weight excluding hydrogens is 542 g/mol. The molecule has 3 aromatic carbocycles. The van der Waals surface area contributed by atoms with Crippen molar-refractivity contribution in [2.75, 3.05) is 13.2 Å². The lowest BCUT2D eigenvalue weighted by molar-refractivity contribution is -0.122. The first kappa shape index (κ1) is 25.2. The van der Waals surface area contributed by atoms with Crippen LogP contribution in [0.4, 0.5) is 0 Å². The monoisotopic (exact) mass is 565 g/mol. The van der Waals surface area contributed by atoms with Crippen molar-refractivity contribution in [3.63, 3.8) is 0 Å². The molecule has 1 aliphatic heterocycles. The van der Waals surface area contributed by atoms with Crippen molar-refractivity contribution in [2.24, 2.45) is 0 Å². The first-order valence-corrected chi connectivity index (χ1v) is 13.1. The van der Waals surface area contributed by atoms with E-state index in [-0.39, 0.29) is 5.91 Å². The molecule has 4 nitrogen and oxygen atoms in total. The van der Waals surface area contributed by atoms with Gasteiger partial charge in [-0.3, -0.25) is 9.69 Å². The van der Waals surface area contributed by atoms with E-state index in [1.807, 2.05) is 84.9 Å². The lowest BCUT2D eigenvalue weighted by Crippen LogP contribution is -2.27. The van der Waals surface area contributed by atoms with Gasteiger partial charge < -0.3 is 9.47 Å². The molecule has 178 valence electrons. The number of ether oxygens (including phenoxy) is 2. The van der Waals surface area contributed by atoms with E-state index in [2.05, 4.69) is 22.5 Å². The molecule has 1 saturated heterocycles. The number of carbonyl (C=O) groups is 1. The number of rotatable bonds is 10. The van der Waals surface area contributed by atoms with Crippen molar-refractivity contribution in [1.29, 1.82) is 0 Å². The summed E-state index contributed by atoms with van der Waals surface area (Å²) in [5.74, 6) is 1.40. The van der Waals surface area contributed by atoms with Crippen LogP contribution < -0.4 is 9.47 Å². The lowest BCUT2D eigenvalue weighted by atomic mass is 10.1. The highest BCUT2D eigenvalue weighted by atomic mass is 79.9. The van der Waals surface area contributed by atoms with Gasteiger partial charge in [-0.05, 0) is 47.9 Å². The number of benzene rings is 3. The number of amides is 1. The average molecular weight is 567 g/mol. The molecule has 0 N–H and O–H groups in total. The molecule has 35 heavy (non-hydrogen) atoms. The van der Waals surface area contributed by atoms with Gasteiger partial charge in [-0.1, -0.05) is 94.5 Å². The molecule has 0 atom stereocenters. The molecule has 0 radical (unpaired) electrons. The number of para-hydroxylation sites is 1. The fourth-order valence-electron chi connectivity index (χ4n) is 3.58. The number of thioether (sulfide) groups is 1. The molecule has 0 unspecified atom stereocenters. The number of hydrogen-bond acceptors (Lipinski definition) is 5. The van der Waals surface area contributed by atoms with Gasteiger partial charge >= 0.3 is 0 Å². The van der Waals surface area contributed by atoms with E-state index in [1.165, 1.54) is 11.8 Å². The Hall–Kier alpha value is -2.87. The summed E-state index contributed by atoms with van der Waals surface area (Å²) in [5.41, 5.74) is 2.92. The van der Waals surface area contributed by atoms with Gasteiger partial charge in [0.25, 0.3) is 5.91 Å². The highest BCUT2D eigenvalue weighted by Crippen LogP contribution is 2.36. The quantitative estimate of drug-likeness (QED) is 0.114. The van der Waals surface area contributed by atoms with Gasteiger partial charge in [0.2, 0.25) is 0 Å². The summed E-state index contributed by atoms with van der Waals surface area (Å²) in [6.07, 6.45) is 4.44. The van der Waals surface area contributed by atoms with Gasteiger partial charge in [-0.15, -0.1) is 6.58 Å². The van der Waals surface area contributed by atoms with Crippen LogP contribution in [0.2, 0.25) is 0 Å². The second kappa shape index (κ2) is 12.2. The van der Waals surface area contributed by atoms with Crippen LogP contribution in [-0.2, 0) is 17.8 Å². The second-order valence-electron chi connectivity index (χ2n) is 7.73. The highest BCUT2D eigenvalue weighted by Gasteiger charge is 2.32. The minimum absolute atomic E-state index is 0.100. The maximum atomic E-state index is 13.1. The number of carbonyl (C=O) groups excluding carboxylic acids is 1. The summed E-state index contributed by atoms with van der Waals surface area (Å²) < 4.78 is 13.4. The van der Waals surface area contributed by atoms with Crippen LogP contribution in [0, 0.1) is 0 Å². The van der Waals surface area contributed by atoms with Gasteiger partial charge in [-0.25, -0.2) is 0 Å². The van der Waals surface area contributed by atoms with Crippen LogP contribution in [0.15, 0.2) is 94.8 Å². The molecule has 0 spiro atoms. The average Bonchev–Trinajstić information content (AvgIpc) is 3.12. The normalized spacial score (nSPS) is 14.4. The van der Waals surface area contributed by atoms with Crippen molar-refractivity contribution in [2.45, 2.75) is 13.0 Å². The summed E-state index contributed by atoms with van der Waals surface area (Å²) in [6, 6.07) is 23.5. The second-order valence-corrected chi connectivity index (χ2v) is 10.3. The standard InChI is InChI=1S/C28H24BrNO3S2/c1-2-8-21-11-6-7-12-24(21)32-15-16-33-25-14-13-23(29)17-22(25)18-26-27(31)30(28(34)35-26)19-20-9-4-3-5-10-20/h2-7,9-14,17-18H,1,8,15-16,19H2. The van der Waals surface area contributed by atoms with Gasteiger partial charge in [-0.2, -0.15) is 0 Å². The number of nitrogens with zero attached hydrogens (tertiary/aromatic N) is 1. The summed E-state index contributed by atoms with van der Waals surface area (Å²) >= 11 is 10.3. The molecule has 4 rings (SSSR count). The molecular formula is C28H24BrNO3S2. The molecule has 0 bridgehead atoms. The fraction of sp³-hybridized carbons (Fsp3) is 0.143. The van der Waals surface area contributed by atoms with Crippen molar-refractivity contribution in [3.8, 4) is 11.5 Å². The van der Waals surface area contributed by atoms with Crippen molar-refractivity contribution in [1.82, 2.24) is 4.90 Å². The van der Waals surface area contributed by atoms with E-state index >= 15 is 0 Å². The zero-order chi connectivity index (χ0) is 24.6. The smallest absolute Gasteiger partial charge is 0.266 e. The molecule has 0 saturated carbocycles. The van der Waals surface area contributed by atoms with Crippen LogP contribution in [0.25, 0.3) is 6.08 Å². The van der Waals surface area contributed by atoms with E-state index in [9.17, 15) is 4.79 Å². The van der Waals surface area contributed by atoms with Crippen LogP contribution >= 0.6 is 39.9 Å². The molecule has 1 fully saturated rings. The highest BCUT2D eigenvalue weighted by molar-refractivity contribution is 9.10. The third-order valence-electron chi connectivity index (χ3n) is 5.25. The Bertz CT molecular complexity index is 1260. The van der Waals surface area contributed by atoms with Crippen molar-refractivity contribution in [3.05, 3.63) is 112 Å². The number of halogens is 1. The predicted molar refractivity (Wildman–Crippen MR) is 151 cm³/mol. The minimum atomic E-state index is -0.100. The first-order chi connectivity index (χ1) is 17.0. The molecule has 1 heterocycles. The topological polar surface area (TPSA) is 38.8 Å². The first-order valence-electron chi connectivity index (χ1n) is 11.1. The Kier molecular flexibility index (Phi) is 8.79. The Morgan fingerprint density at radius 3 is 2.46 bits per heavy atom. The molecule has 0 aromatic heterocycles. The molecule has 1 amide bonds. The third kappa shape index (κ3) is 6.63. The maximum Gasteiger partial charge on any atom is 0.266 e. The summed E-state index contributed by atoms with van der Waals surface area (Å²) in [7, 11) is 0. The number of hydrogen-bond donors (Lipinski definition) is 0. The zero-order valence-corrected chi connectivity index (χ0v) is 22.2. The van der Waals surface area contributed by atoms with Gasteiger partial charge in [0.1, 0.15) is 29.0 Å². The van der Waals surface area contributed by atoms with E-state index in [1.54, 1.807) is 4.90 Å². The predicted octanol–water partition coefficient (Wildman–Crippen LogP) is 7.04. The van der Waals surface area contributed by atoms with Gasteiger partial charge in [0.15, 0.2) is 0 Å². The van der Waals surface area contributed by atoms with Crippen molar-refractivity contribution < 1.29 is 14.3 Å². The Balaban J connectivity index is 1.43. The van der Waals surface area contributed by atoms with Crippen molar-refractivity contribution >= 4 is 56.2 Å². The van der Waals surface area contributed by atoms with E-state index < -0.39 is 0 Å². The van der Waals surface area contributed by atoms with Crippen LogP contribution in [0.3, 0.4) is 0 Å². The lowest BCUT2D eigenvalue weighted by Gasteiger charge is -2.14.